The lowest BCUT2D eigenvalue weighted by Gasteiger charge is -2.11. The largest absolute Gasteiger partial charge is 0.478 e. The van der Waals surface area contributed by atoms with E-state index in [-0.39, 0.29) is 11.3 Å². The Hall–Kier alpha value is -2.54. The van der Waals surface area contributed by atoms with Gasteiger partial charge in [-0.1, -0.05) is 28.1 Å². The summed E-state index contributed by atoms with van der Waals surface area (Å²) in [6, 6.07) is 10.7. The van der Waals surface area contributed by atoms with Crippen LogP contribution in [0.1, 0.15) is 10.4 Å². The number of hydrogen-bond acceptors (Lipinski definition) is 3. The second-order valence-electron chi connectivity index (χ2n) is 4.16. The van der Waals surface area contributed by atoms with Gasteiger partial charge in [0.2, 0.25) is 0 Å². The van der Waals surface area contributed by atoms with Crippen LogP contribution in [-0.2, 0) is 0 Å². The minimum Gasteiger partial charge on any atom is -0.478 e. The first-order valence-electron chi connectivity index (χ1n) is 5.92. The molecule has 108 valence electrons. The van der Waals surface area contributed by atoms with E-state index in [0.29, 0.717) is 15.8 Å². The number of benzene rings is 2. The number of carbonyl (C=O) groups excluding carboxylic acids is 1. The lowest BCUT2D eigenvalue weighted by Crippen LogP contribution is -2.21. The topological polar surface area (TPSA) is 104 Å². The number of carboxylic acids is 1. The fraction of sp³-hybridized carbons (Fsp3) is 0. The zero-order valence-electron chi connectivity index (χ0n) is 10.8. The van der Waals surface area contributed by atoms with Crippen LogP contribution in [0.2, 0.25) is 0 Å². The van der Waals surface area contributed by atoms with Crippen molar-refractivity contribution in [1.29, 1.82) is 0 Å². The molecule has 5 N–H and O–H groups in total. The van der Waals surface area contributed by atoms with Gasteiger partial charge >= 0.3 is 12.0 Å². The number of nitrogens with one attached hydrogen (secondary N) is 2. The van der Waals surface area contributed by atoms with Gasteiger partial charge in [0.1, 0.15) is 0 Å². The third-order valence-corrected chi connectivity index (χ3v) is 3.16. The normalized spacial score (nSPS) is 9.95. The highest BCUT2D eigenvalue weighted by Crippen LogP contribution is 2.22. The number of hydrogen-bond donors (Lipinski definition) is 4. The Labute approximate surface area is 129 Å². The maximum absolute atomic E-state index is 11.9. The minimum absolute atomic E-state index is 0.00520. The zero-order chi connectivity index (χ0) is 15.4. The molecule has 6 nitrogen and oxygen atoms in total. The third kappa shape index (κ3) is 3.73. The van der Waals surface area contributed by atoms with Gasteiger partial charge in [-0.05, 0) is 30.3 Å². The van der Waals surface area contributed by atoms with Gasteiger partial charge in [-0.2, -0.15) is 0 Å². The summed E-state index contributed by atoms with van der Waals surface area (Å²) < 4.78 is 0.655. The van der Waals surface area contributed by atoms with Gasteiger partial charge in [0.25, 0.3) is 0 Å². The van der Waals surface area contributed by atoms with Crippen molar-refractivity contribution >= 4 is 45.0 Å². The molecule has 0 aliphatic carbocycles. The number of carbonyl (C=O) groups is 2. The van der Waals surface area contributed by atoms with Crippen LogP contribution in [0.3, 0.4) is 0 Å². The summed E-state index contributed by atoms with van der Waals surface area (Å²) in [4.78, 5) is 23.1. The van der Waals surface area contributed by atoms with Gasteiger partial charge in [-0.25, -0.2) is 9.59 Å². The van der Waals surface area contributed by atoms with Crippen LogP contribution < -0.4 is 16.4 Å². The molecule has 0 saturated carbocycles. The molecule has 0 aromatic heterocycles. The Kier molecular flexibility index (Phi) is 4.44. The van der Waals surface area contributed by atoms with Gasteiger partial charge in [0.05, 0.1) is 22.6 Å². The second kappa shape index (κ2) is 6.27. The molecule has 0 radical (unpaired) electrons. The molecule has 21 heavy (non-hydrogen) atoms. The van der Waals surface area contributed by atoms with E-state index < -0.39 is 12.0 Å². The number of aromatic carboxylic acids is 1. The predicted molar refractivity (Wildman–Crippen MR) is 84.6 cm³/mol. The van der Waals surface area contributed by atoms with Gasteiger partial charge in [-0.3, -0.25) is 0 Å². The van der Waals surface area contributed by atoms with Gasteiger partial charge < -0.3 is 21.5 Å². The number of amides is 2. The highest BCUT2D eigenvalue weighted by Gasteiger charge is 2.13. The number of para-hydroxylation sites is 2. The summed E-state index contributed by atoms with van der Waals surface area (Å²) in [5, 5.41) is 14.1. The fourth-order valence-electron chi connectivity index (χ4n) is 1.69. The van der Waals surface area contributed by atoms with Crippen LogP contribution in [0, 0.1) is 0 Å². The number of carboxylic acid groups (broad SMARTS) is 1. The van der Waals surface area contributed by atoms with Crippen molar-refractivity contribution < 1.29 is 14.7 Å². The van der Waals surface area contributed by atoms with Gasteiger partial charge in [-0.15, -0.1) is 0 Å². The average Bonchev–Trinajstić information content (AvgIpc) is 2.41. The molecule has 2 amide bonds. The molecule has 0 spiro atoms. The lowest BCUT2D eigenvalue weighted by molar-refractivity contribution is 0.0698. The molecule has 0 heterocycles. The Morgan fingerprint density at radius 2 is 1.71 bits per heavy atom. The van der Waals surface area contributed by atoms with Gasteiger partial charge in [0, 0.05) is 4.47 Å². The summed E-state index contributed by atoms with van der Waals surface area (Å²) in [7, 11) is 0. The molecule has 0 fully saturated rings. The van der Waals surface area contributed by atoms with E-state index in [4.69, 9.17) is 10.8 Å². The van der Waals surface area contributed by atoms with E-state index >= 15 is 0 Å². The number of rotatable bonds is 3. The molecule has 0 bridgehead atoms. The molecule has 2 rings (SSSR count). The fourth-order valence-corrected chi connectivity index (χ4v) is 2.05. The number of urea groups is 1. The first kappa shape index (κ1) is 14.9. The Morgan fingerprint density at radius 3 is 2.38 bits per heavy atom. The average molecular weight is 350 g/mol. The third-order valence-electron chi connectivity index (χ3n) is 2.67. The highest BCUT2D eigenvalue weighted by molar-refractivity contribution is 9.10. The van der Waals surface area contributed by atoms with Crippen molar-refractivity contribution in [2.45, 2.75) is 0 Å². The second-order valence-corrected chi connectivity index (χ2v) is 5.08. The first-order chi connectivity index (χ1) is 9.97. The van der Waals surface area contributed by atoms with Crippen molar-refractivity contribution in [3.63, 3.8) is 0 Å². The summed E-state index contributed by atoms with van der Waals surface area (Å²) >= 11 is 3.23. The minimum atomic E-state index is -1.13. The standard InChI is InChI=1S/C14H12BrN3O3/c15-8-5-6-9(13(19)20)12(7-8)18-14(21)17-11-4-2-1-3-10(11)16/h1-7H,16H2,(H,19,20)(H2,17,18,21). The zero-order valence-corrected chi connectivity index (χ0v) is 12.3. The first-order valence-corrected chi connectivity index (χ1v) is 6.72. The number of nitrogen functional groups attached to an aromatic ring is 1. The van der Waals surface area contributed by atoms with Crippen molar-refractivity contribution in [2.24, 2.45) is 0 Å². The summed E-state index contributed by atoms with van der Waals surface area (Å²) in [5.41, 5.74) is 6.76. The quantitative estimate of drug-likeness (QED) is 0.637. The van der Waals surface area contributed by atoms with Crippen molar-refractivity contribution in [1.82, 2.24) is 0 Å². The monoisotopic (exact) mass is 349 g/mol. The molecule has 0 aliphatic heterocycles. The van der Waals surface area contributed by atoms with Crippen LogP contribution in [0.15, 0.2) is 46.9 Å². The van der Waals surface area contributed by atoms with Crippen LogP contribution in [0.5, 0.6) is 0 Å². The maximum atomic E-state index is 11.9. The SMILES string of the molecule is Nc1ccccc1NC(=O)Nc1cc(Br)ccc1C(=O)O. The molecule has 2 aromatic rings. The highest BCUT2D eigenvalue weighted by atomic mass is 79.9. The summed E-state index contributed by atoms with van der Waals surface area (Å²) in [6.45, 7) is 0. The maximum Gasteiger partial charge on any atom is 0.337 e. The lowest BCUT2D eigenvalue weighted by atomic mass is 10.2. The van der Waals surface area contributed by atoms with E-state index in [1.54, 1.807) is 30.3 Å². The van der Waals surface area contributed by atoms with Crippen molar-refractivity contribution in [3.05, 3.63) is 52.5 Å². The predicted octanol–water partition coefficient (Wildman–Crippen LogP) is 3.37. The molecule has 0 atom stereocenters. The van der Waals surface area contributed by atoms with Gasteiger partial charge in [0.15, 0.2) is 0 Å². The van der Waals surface area contributed by atoms with E-state index in [1.807, 2.05) is 0 Å². The van der Waals surface area contributed by atoms with Crippen molar-refractivity contribution in [2.75, 3.05) is 16.4 Å². The van der Waals surface area contributed by atoms with E-state index in [0.717, 1.165) is 0 Å². The van der Waals surface area contributed by atoms with E-state index in [1.165, 1.54) is 12.1 Å². The van der Waals surface area contributed by atoms with Crippen LogP contribution in [-0.4, -0.2) is 17.1 Å². The molecule has 0 saturated heterocycles. The summed E-state index contributed by atoms with van der Waals surface area (Å²) in [5.74, 6) is -1.13. The number of nitrogens with two attached hydrogens (primary N) is 1. The smallest absolute Gasteiger partial charge is 0.337 e. The Bertz CT molecular complexity index is 704. The van der Waals surface area contributed by atoms with Crippen LogP contribution in [0.4, 0.5) is 21.9 Å². The van der Waals surface area contributed by atoms with Crippen molar-refractivity contribution in [3.8, 4) is 0 Å². The Morgan fingerprint density at radius 1 is 1.05 bits per heavy atom. The summed E-state index contributed by atoms with van der Waals surface area (Å²) in [6.07, 6.45) is 0. The molecule has 0 aliphatic rings. The van der Waals surface area contributed by atoms with E-state index in [2.05, 4.69) is 26.6 Å². The van der Waals surface area contributed by atoms with Crippen LogP contribution in [0.25, 0.3) is 0 Å². The van der Waals surface area contributed by atoms with E-state index in [9.17, 15) is 9.59 Å². The molecule has 2 aromatic carbocycles. The number of halogens is 1. The number of anilines is 3. The molecular weight excluding hydrogens is 338 g/mol. The van der Waals surface area contributed by atoms with Crippen LogP contribution >= 0.6 is 15.9 Å². The molecule has 0 unspecified atom stereocenters. The molecule has 7 heteroatoms. The Balaban J connectivity index is 2.18. The molecular formula is C14H12BrN3O3.